The Morgan fingerprint density at radius 1 is 0.365 bits per heavy atom. The second kappa shape index (κ2) is 13.2. The molecule has 0 aliphatic rings. The predicted molar refractivity (Wildman–Crippen MR) is 215 cm³/mol. The fraction of sp³-hybridized carbons (Fsp3) is 0.0417. The number of hydrogen-bond acceptors (Lipinski definition) is 4. The molecule has 2 aromatic heterocycles. The molecule has 0 atom stereocenters. The van der Waals surface area contributed by atoms with Crippen LogP contribution < -0.4 is 0 Å². The molecule has 0 saturated heterocycles. The number of aryl methyl sites for hydroxylation is 2. The number of aromatic nitrogens is 4. The van der Waals surface area contributed by atoms with Crippen molar-refractivity contribution in [3.05, 3.63) is 182 Å². The molecule has 7 aromatic carbocycles. The SMILES string of the molecule is Cc1ncc(-c2ccc(-c3cc(-c4nc(-c5ccccc5)cc(-c5ccccc5)n4)cc(-c4cc5ccccc5c5ccccc45)c3)cc2)c(C)n1. The second-order valence-electron chi connectivity index (χ2n) is 13.2. The van der Waals surface area contributed by atoms with E-state index in [1.807, 2.05) is 32.2 Å². The Balaban J connectivity index is 1.28. The Bertz CT molecular complexity index is 2680. The first-order valence-corrected chi connectivity index (χ1v) is 17.5. The second-order valence-corrected chi connectivity index (χ2v) is 13.2. The summed E-state index contributed by atoms with van der Waals surface area (Å²) in [7, 11) is 0. The van der Waals surface area contributed by atoms with Crippen LogP contribution in [0.1, 0.15) is 11.5 Å². The lowest BCUT2D eigenvalue weighted by Gasteiger charge is -2.15. The van der Waals surface area contributed by atoms with Gasteiger partial charge >= 0.3 is 0 Å². The topological polar surface area (TPSA) is 51.6 Å². The summed E-state index contributed by atoms with van der Waals surface area (Å²) in [6.07, 6.45) is 1.91. The molecule has 0 unspecified atom stereocenters. The van der Waals surface area contributed by atoms with E-state index in [1.165, 1.54) is 27.1 Å². The van der Waals surface area contributed by atoms with Crippen molar-refractivity contribution in [2.75, 3.05) is 0 Å². The molecule has 52 heavy (non-hydrogen) atoms. The molecule has 246 valence electrons. The van der Waals surface area contributed by atoms with Gasteiger partial charge in [-0.2, -0.15) is 0 Å². The van der Waals surface area contributed by atoms with Crippen molar-refractivity contribution in [1.29, 1.82) is 0 Å². The molecule has 9 aromatic rings. The van der Waals surface area contributed by atoms with Gasteiger partial charge in [-0.3, -0.25) is 0 Å². The number of rotatable bonds is 6. The van der Waals surface area contributed by atoms with E-state index in [0.29, 0.717) is 5.82 Å². The quantitative estimate of drug-likeness (QED) is 0.166. The van der Waals surface area contributed by atoms with Crippen molar-refractivity contribution in [3.8, 4) is 67.3 Å². The molecular formula is C48H34N4. The first-order chi connectivity index (χ1) is 25.6. The molecule has 0 N–H and O–H groups in total. The van der Waals surface area contributed by atoms with Crippen molar-refractivity contribution in [3.63, 3.8) is 0 Å². The van der Waals surface area contributed by atoms with Crippen LogP contribution in [0.3, 0.4) is 0 Å². The molecule has 0 radical (unpaired) electrons. The van der Waals surface area contributed by atoms with Crippen LogP contribution in [-0.2, 0) is 0 Å². The van der Waals surface area contributed by atoms with E-state index < -0.39 is 0 Å². The number of nitrogens with zero attached hydrogens (tertiary/aromatic N) is 4. The van der Waals surface area contributed by atoms with Crippen molar-refractivity contribution >= 4 is 21.5 Å². The van der Waals surface area contributed by atoms with Crippen molar-refractivity contribution in [2.45, 2.75) is 13.8 Å². The maximum absolute atomic E-state index is 5.23. The van der Waals surface area contributed by atoms with Gasteiger partial charge in [0.1, 0.15) is 5.82 Å². The van der Waals surface area contributed by atoms with Gasteiger partial charge in [0.25, 0.3) is 0 Å². The molecule has 4 nitrogen and oxygen atoms in total. The Morgan fingerprint density at radius 2 is 0.923 bits per heavy atom. The highest BCUT2D eigenvalue weighted by Crippen LogP contribution is 2.39. The van der Waals surface area contributed by atoms with Gasteiger partial charge in [0.2, 0.25) is 0 Å². The zero-order valence-corrected chi connectivity index (χ0v) is 29.0. The third kappa shape index (κ3) is 5.91. The van der Waals surface area contributed by atoms with E-state index in [2.05, 4.69) is 162 Å². The van der Waals surface area contributed by atoms with Gasteiger partial charge in [0, 0.05) is 34.1 Å². The van der Waals surface area contributed by atoms with Crippen LogP contribution in [-0.4, -0.2) is 19.9 Å². The minimum absolute atomic E-state index is 0.678. The monoisotopic (exact) mass is 666 g/mol. The average Bonchev–Trinajstić information content (AvgIpc) is 3.21. The van der Waals surface area contributed by atoms with E-state index in [9.17, 15) is 0 Å². The van der Waals surface area contributed by atoms with Gasteiger partial charge in [-0.05, 0) is 93.5 Å². The van der Waals surface area contributed by atoms with Gasteiger partial charge in [0.05, 0.1) is 11.4 Å². The summed E-state index contributed by atoms with van der Waals surface area (Å²) < 4.78 is 0. The normalized spacial score (nSPS) is 11.3. The summed E-state index contributed by atoms with van der Waals surface area (Å²) in [6.45, 7) is 3.96. The molecule has 0 saturated carbocycles. The Morgan fingerprint density at radius 3 is 1.60 bits per heavy atom. The molecule has 0 aliphatic heterocycles. The van der Waals surface area contributed by atoms with Crippen LogP contribution in [0, 0.1) is 13.8 Å². The molecule has 2 heterocycles. The summed E-state index contributed by atoms with van der Waals surface area (Å²) in [4.78, 5) is 19.5. The Kier molecular flexibility index (Phi) is 7.90. The highest BCUT2D eigenvalue weighted by molar-refractivity contribution is 6.14. The minimum Gasteiger partial charge on any atom is -0.241 e. The summed E-state index contributed by atoms with van der Waals surface area (Å²) >= 11 is 0. The number of fused-ring (bicyclic) bond motifs is 3. The molecule has 4 heteroatoms. The summed E-state index contributed by atoms with van der Waals surface area (Å²) in [5.41, 5.74) is 12.4. The third-order valence-corrected chi connectivity index (χ3v) is 9.76. The zero-order valence-electron chi connectivity index (χ0n) is 29.0. The first-order valence-electron chi connectivity index (χ1n) is 17.5. The molecule has 0 fully saturated rings. The minimum atomic E-state index is 0.678. The van der Waals surface area contributed by atoms with Crippen LogP contribution in [0.4, 0.5) is 0 Å². The predicted octanol–water partition coefficient (Wildman–Crippen LogP) is 12.2. The Hall–Kier alpha value is -6.78. The first kappa shape index (κ1) is 31.2. The van der Waals surface area contributed by atoms with Gasteiger partial charge in [-0.15, -0.1) is 0 Å². The lowest BCUT2D eigenvalue weighted by atomic mass is 9.90. The molecule has 9 rings (SSSR count). The fourth-order valence-corrected chi connectivity index (χ4v) is 7.17. The number of hydrogen-bond donors (Lipinski definition) is 0. The molecule has 0 spiro atoms. The third-order valence-electron chi connectivity index (χ3n) is 9.76. The highest BCUT2D eigenvalue weighted by atomic mass is 14.9. The molecular weight excluding hydrogens is 633 g/mol. The van der Waals surface area contributed by atoms with E-state index in [0.717, 1.165) is 67.4 Å². The Labute approximate surface area is 303 Å². The van der Waals surface area contributed by atoms with E-state index >= 15 is 0 Å². The van der Waals surface area contributed by atoms with Crippen molar-refractivity contribution < 1.29 is 0 Å². The van der Waals surface area contributed by atoms with Crippen molar-refractivity contribution in [1.82, 2.24) is 19.9 Å². The molecule has 0 aliphatic carbocycles. The lowest BCUT2D eigenvalue weighted by Crippen LogP contribution is -1.97. The van der Waals surface area contributed by atoms with Crippen LogP contribution in [0.15, 0.2) is 170 Å². The lowest BCUT2D eigenvalue weighted by molar-refractivity contribution is 1.01. The van der Waals surface area contributed by atoms with Gasteiger partial charge in [0.15, 0.2) is 5.82 Å². The van der Waals surface area contributed by atoms with Crippen LogP contribution >= 0.6 is 0 Å². The fourth-order valence-electron chi connectivity index (χ4n) is 7.17. The number of benzene rings is 7. The van der Waals surface area contributed by atoms with Crippen molar-refractivity contribution in [2.24, 2.45) is 0 Å². The van der Waals surface area contributed by atoms with E-state index in [1.54, 1.807) is 0 Å². The van der Waals surface area contributed by atoms with Crippen LogP contribution in [0.2, 0.25) is 0 Å². The molecule has 0 amide bonds. The molecule has 0 bridgehead atoms. The van der Waals surface area contributed by atoms with Gasteiger partial charge in [-0.25, -0.2) is 19.9 Å². The maximum Gasteiger partial charge on any atom is 0.160 e. The van der Waals surface area contributed by atoms with Crippen LogP contribution in [0.5, 0.6) is 0 Å². The standard InChI is InChI=1S/C48H34N4/c1-31-45(30-49-32(2)50-31)34-23-21-33(22-24-34)38-25-39(44-28-37-17-9-10-18-41(37)42-19-11-12-20-43(42)44)27-40(26-38)48-51-46(35-13-5-3-6-14-35)29-47(52-48)36-15-7-4-8-16-36/h3-30H,1-2H3. The summed E-state index contributed by atoms with van der Waals surface area (Å²) in [5, 5.41) is 4.89. The zero-order chi connectivity index (χ0) is 35.0. The highest BCUT2D eigenvalue weighted by Gasteiger charge is 2.16. The van der Waals surface area contributed by atoms with Crippen LogP contribution in [0.25, 0.3) is 88.8 Å². The smallest absolute Gasteiger partial charge is 0.160 e. The summed E-state index contributed by atoms with van der Waals surface area (Å²) in [6, 6.07) is 57.9. The van der Waals surface area contributed by atoms with Gasteiger partial charge < -0.3 is 0 Å². The largest absolute Gasteiger partial charge is 0.241 e. The maximum atomic E-state index is 5.23. The van der Waals surface area contributed by atoms with Gasteiger partial charge in [-0.1, -0.05) is 133 Å². The average molecular weight is 667 g/mol. The summed E-state index contributed by atoms with van der Waals surface area (Å²) in [5.74, 6) is 1.45. The van der Waals surface area contributed by atoms with E-state index in [-0.39, 0.29) is 0 Å². The van der Waals surface area contributed by atoms with E-state index in [4.69, 9.17) is 9.97 Å².